The number of piperidine rings is 2. The molecule has 2 atom stereocenters. The van der Waals surface area contributed by atoms with Gasteiger partial charge in [-0.3, -0.25) is 9.69 Å². The monoisotopic (exact) mass is 418 g/mol. The smallest absolute Gasteiger partial charge is 0.321 e. The Morgan fingerprint density at radius 2 is 1.90 bits per heavy atom. The van der Waals surface area contributed by atoms with Crippen molar-refractivity contribution in [3.63, 3.8) is 0 Å². The standard InChI is InChI=1S/C23H35FN4O2/c1-18-5-2-3-14-27(18)16-13-25-22(29)12-7-19-6-4-15-28(17-19)23(30)26-21-10-8-20(24)9-11-21/h8-11,18-19H,2-7,12-17H2,1H3,(H,25,29)(H,26,30)/t18-,19+/m0/s1. The number of hydrogen-bond acceptors (Lipinski definition) is 3. The third kappa shape index (κ3) is 6.97. The minimum absolute atomic E-state index is 0.104. The van der Waals surface area contributed by atoms with E-state index in [1.165, 1.54) is 31.4 Å². The van der Waals surface area contributed by atoms with Gasteiger partial charge in [-0.15, -0.1) is 0 Å². The van der Waals surface area contributed by atoms with Crippen LogP contribution in [0.4, 0.5) is 14.9 Å². The summed E-state index contributed by atoms with van der Waals surface area (Å²) in [6, 6.07) is 6.24. The Bertz CT molecular complexity index is 697. The van der Waals surface area contributed by atoms with E-state index in [0.717, 1.165) is 32.4 Å². The lowest BCUT2D eigenvalue weighted by Crippen LogP contribution is -2.43. The quantitative estimate of drug-likeness (QED) is 0.707. The van der Waals surface area contributed by atoms with Gasteiger partial charge in [0, 0.05) is 44.3 Å². The topological polar surface area (TPSA) is 64.7 Å². The summed E-state index contributed by atoms with van der Waals surface area (Å²) in [6.45, 7) is 6.40. The first-order valence-electron chi connectivity index (χ1n) is 11.3. The van der Waals surface area contributed by atoms with Crippen LogP contribution in [-0.4, -0.2) is 60.5 Å². The third-order valence-electron chi connectivity index (χ3n) is 6.34. The zero-order chi connectivity index (χ0) is 21.3. The zero-order valence-corrected chi connectivity index (χ0v) is 18.0. The number of hydrogen-bond donors (Lipinski definition) is 2. The van der Waals surface area contributed by atoms with Gasteiger partial charge in [0.1, 0.15) is 5.82 Å². The van der Waals surface area contributed by atoms with E-state index in [-0.39, 0.29) is 17.8 Å². The number of urea groups is 1. The molecule has 0 aromatic heterocycles. The fraction of sp³-hybridized carbons (Fsp3) is 0.652. The molecule has 0 spiro atoms. The van der Waals surface area contributed by atoms with E-state index in [1.54, 1.807) is 17.0 Å². The highest BCUT2D eigenvalue weighted by Gasteiger charge is 2.24. The minimum Gasteiger partial charge on any atom is -0.355 e. The molecule has 0 bridgehead atoms. The minimum atomic E-state index is -0.324. The Morgan fingerprint density at radius 1 is 1.10 bits per heavy atom. The molecule has 2 aliphatic rings. The summed E-state index contributed by atoms with van der Waals surface area (Å²) in [5.41, 5.74) is 0.589. The molecular weight excluding hydrogens is 383 g/mol. The summed E-state index contributed by atoms with van der Waals surface area (Å²) in [5, 5.41) is 5.88. The Balaban J connectivity index is 1.34. The Labute approximate surface area is 179 Å². The van der Waals surface area contributed by atoms with Gasteiger partial charge in [-0.2, -0.15) is 0 Å². The average Bonchev–Trinajstić information content (AvgIpc) is 2.75. The number of benzene rings is 1. The molecule has 1 aromatic rings. The van der Waals surface area contributed by atoms with E-state index >= 15 is 0 Å². The van der Waals surface area contributed by atoms with Crippen LogP contribution in [0.1, 0.15) is 51.9 Å². The Hall–Kier alpha value is -2.15. The number of carbonyl (C=O) groups is 2. The van der Waals surface area contributed by atoms with Gasteiger partial charge < -0.3 is 15.5 Å². The van der Waals surface area contributed by atoms with Crippen LogP contribution in [0.3, 0.4) is 0 Å². The van der Waals surface area contributed by atoms with Crippen molar-refractivity contribution < 1.29 is 14.0 Å². The molecule has 2 N–H and O–H groups in total. The van der Waals surface area contributed by atoms with E-state index in [2.05, 4.69) is 22.5 Å². The number of nitrogens with one attached hydrogen (secondary N) is 2. The maximum Gasteiger partial charge on any atom is 0.321 e. The molecule has 0 radical (unpaired) electrons. The van der Waals surface area contributed by atoms with Crippen LogP contribution in [0.25, 0.3) is 0 Å². The lowest BCUT2D eigenvalue weighted by Gasteiger charge is -2.33. The van der Waals surface area contributed by atoms with E-state index in [9.17, 15) is 14.0 Å². The van der Waals surface area contributed by atoms with E-state index in [1.807, 2.05) is 0 Å². The van der Waals surface area contributed by atoms with Crippen LogP contribution in [0.5, 0.6) is 0 Å². The molecule has 3 amide bonds. The second kappa shape index (κ2) is 11.3. The molecule has 0 saturated carbocycles. The Kier molecular flexibility index (Phi) is 8.49. The molecule has 30 heavy (non-hydrogen) atoms. The molecule has 2 fully saturated rings. The molecule has 2 aliphatic heterocycles. The van der Waals surface area contributed by atoms with Gasteiger partial charge in [-0.05, 0) is 75.8 Å². The van der Waals surface area contributed by atoms with Gasteiger partial charge in [0.05, 0.1) is 0 Å². The molecular formula is C23H35FN4O2. The number of nitrogens with zero attached hydrogens (tertiary/aromatic N) is 2. The Morgan fingerprint density at radius 3 is 2.67 bits per heavy atom. The fourth-order valence-corrected chi connectivity index (χ4v) is 4.47. The first kappa shape index (κ1) is 22.5. The normalized spacial score (nSPS) is 22.5. The van der Waals surface area contributed by atoms with Crippen molar-refractivity contribution in [3.8, 4) is 0 Å². The second-order valence-corrected chi connectivity index (χ2v) is 8.66. The maximum absolute atomic E-state index is 13.0. The number of likely N-dealkylation sites (tertiary alicyclic amines) is 2. The number of halogens is 1. The van der Waals surface area contributed by atoms with Crippen molar-refractivity contribution in [2.45, 2.75) is 57.9 Å². The second-order valence-electron chi connectivity index (χ2n) is 8.66. The first-order valence-corrected chi connectivity index (χ1v) is 11.3. The van der Waals surface area contributed by atoms with Gasteiger partial charge in [0.15, 0.2) is 0 Å². The molecule has 6 nitrogen and oxygen atoms in total. The van der Waals surface area contributed by atoms with Crippen LogP contribution >= 0.6 is 0 Å². The highest BCUT2D eigenvalue weighted by Crippen LogP contribution is 2.22. The molecule has 2 saturated heterocycles. The van der Waals surface area contributed by atoms with E-state index in [0.29, 0.717) is 43.7 Å². The summed E-state index contributed by atoms with van der Waals surface area (Å²) in [6.07, 6.45) is 7.10. The van der Waals surface area contributed by atoms with Gasteiger partial charge in [-0.25, -0.2) is 9.18 Å². The molecule has 3 rings (SSSR count). The van der Waals surface area contributed by atoms with Crippen LogP contribution in [0.15, 0.2) is 24.3 Å². The van der Waals surface area contributed by atoms with Gasteiger partial charge in [0.25, 0.3) is 0 Å². The fourth-order valence-electron chi connectivity index (χ4n) is 4.47. The molecule has 0 aliphatic carbocycles. The number of rotatable bonds is 7. The highest BCUT2D eigenvalue weighted by atomic mass is 19.1. The average molecular weight is 419 g/mol. The van der Waals surface area contributed by atoms with Crippen molar-refractivity contribution in [2.75, 3.05) is 38.0 Å². The summed E-state index contributed by atoms with van der Waals surface area (Å²) in [7, 11) is 0. The number of carbonyl (C=O) groups excluding carboxylic acids is 2. The van der Waals surface area contributed by atoms with Gasteiger partial charge >= 0.3 is 6.03 Å². The third-order valence-corrected chi connectivity index (χ3v) is 6.34. The summed E-state index contributed by atoms with van der Waals surface area (Å²) in [5.74, 6) is 0.118. The first-order chi connectivity index (χ1) is 14.5. The molecule has 7 heteroatoms. The van der Waals surface area contributed by atoms with Crippen LogP contribution in [0.2, 0.25) is 0 Å². The van der Waals surface area contributed by atoms with E-state index in [4.69, 9.17) is 0 Å². The predicted octanol–water partition coefficient (Wildman–Crippen LogP) is 3.84. The summed E-state index contributed by atoms with van der Waals surface area (Å²) < 4.78 is 13.0. The van der Waals surface area contributed by atoms with Gasteiger partial charge in [0.2, 0.25) is 5.91 Å². The van der Waals surface area contributed by atoms with Crippen molar-refractivity contribution >= 4 is 17.6 Å². The lowest BCUT2D eigenvalue weighted by atomic mass is 9.93. The largest absolute Gasteiger partial charge is 0.355 e. The molecule has 0 unspecified atom stereocenters. The summed E-state index contributed by atoms with van der Waals surface area (Å²) >= 11 is 0. The van der Waals surface area contributed by atoms with Crippen LogP contribution < -0.4 is 10.6 Å². The zero-order valence-electron chi connectivity index (χ0n) is 18.0. The summed E-state index contributed by atoms with van der Waals surface area (Å²) in [4.78, 5) is 29.0. The maximum atomic E-state index is 13.0. The molecule has 2 heterocycles. The lowest BCUT2D eigenvalue weighted by molar-refractivity contribution is -0.121. The van der Waals surface area contributed by atoms with Crippen molar-refractivity contribution in [2.24, 2.45) is 5.92 Å². The number of anilines is 1. The van der Waals surface area contributed by atoms with Crippen LogP contribution in [0, 0.1) is 11.7 Å². The van der Waals surface area contributed by atoms with Crippen molar-refractivity contribution in [1.29, 1.82) is 0 Å². The molecule has 166 valence electrons. The predicted molar refractivity (Wildman–Crippen MR) is 117 cm³/mol. The molecule has 1 aromatic carbocycles. The number of amides is 3. The van der Waals surface area contributed by atoms with Gasteiger partial charge in [-0.1, -0.05) is 6.42 Å². The van der Waals surface area contributed by atoms with Crippen molar-refractivity contribution in [3.05, 3.63) is 30.1 Å². The van der Waals surface area contributed by atoms with E-state index < -0.39 is 0 Å². The van der Waals surface area contributed by atoms with Crippen LogP contribution in [-0.2, 0) is 4.79 Å². The highest BCUT2D eigenvalue weighted by molar-refractivity contribution is 5.89. The SMILES string of the molecule is C[C@H]1CCCCN1CCNC(=O)CC[C@H]1CCCN(C(=O)Nc2ccc(F)cc2)C1. The van der Waals surface area contributed by atoms with Crippen molar-refractivity contribution in [1.82, 2.24) is 15.1 Å².